The summed E-state index contributed by atoms with van der Waals surface area (Å²) >= 11 is 6.20. The second-order valence-corrected chi connectivity index (χ2v) is 9.43. The van der Waals surface area contributed by atoms with Gasteiger partial charge in [0.05, 0.1) is 5.02 Å². The zero-order valence-corrected chi connectivity index (χ0v) is 16.6. The lowest BCUT2D eigenvalue weighted by atomic mass is 10.1. The number of carbonyl (C=O) groups is 1. The number of amides is 1. The van der Waals surface area contributed by atoms with E-state index in [1.54, 1.807) is 11.0 Å². The molecular formula is C20H21ClN2O3S. The van der Waals surface area contributed by atoms with E-state index in [1.807, 2.05) is 31.2 Å². The molecule has 7 heteroatoms. The average molecular weight is 405 g/mol. The Hall–Kier alpha value is -1.89. The van der Waals surface area contributed by atoms with Gasteiger partial charge in [-0.3, -0.25) is 4.79 Å². The van der Waals surface area contributed by atoms with E-state index in [4.69, 9.17) is 11.6 Å². The van der Waals surface area contributed by atoms with E-state index in [0.717, 1.165) is 30.5 Å². The van der Waals surface area contributed by atoms with Crippen LogP contribution in [-0.2, 0) is 16.4 Å². The molecular weight excluding hydrogens is 384 g/mol. The molecule has 2 aromatic rings. The Labute approximate surface area is 164 Å². The Balaban J connectivity index is 1.72. The highest BCUT2D eigenvalue weighted by molar-refractivity contribution is 7.89. The van der Waals surface area contributed by atoms with E-state index in [1.165, 1.54) is 16.4 Å². The van der Waals surface area contributed by atoms with E-state index in [2.05, 4.69) is 0 Å². The highest BCUT2D eigenvalue weighted by Crippen LogP contribution is 2.34. The molecule has 1 unspecified atom stereocenters. The van der Waals surface area contributed by atoms with Crippen LogP contribution in [0.4, 0.5) is 5.69 Å². The topological polar surface area (TPSA) is 57.7 Å². The fourth-order valence-corrected chi connectivity index (χ4v) is 5.93. The first-order valence-corrected chi connectivity index (χ1v) is 10.9. The number of hydrogen-bond acceptors (Lipinski definition) is 3. The van der Waals surface area contributed by atoms with Crippen LogP contribution in [-0.4, -0.2) is 37.8 Å². The second kappa shape index (κ2) is 6.93. The molecule has 1 fully saturated rings. The van der Waals surface area contributed by atoms with Crippen LogP contribution < -0.4 is 4.90 Å². The summed E-state index contributed by atoms with van der Waals surface area (Å²) in [6.45, 7) is 2.98. The summed E-state index contributed by atoms with van der Waals surface area (Å²) in [5.41, 5.74) is 2.34. The minimum atomic E-state index is -3.69. The zero-order valence-electron chi connectivity index (χ0n) is 15.1. The maximum atomic E-state index is 13.2. The van der Waals surface area contributed by atoms with Gasteiger partial charge >= 0.3 is 0 Å². The molecule has 2 aliphatic rings. The summed E-state index contributed by atoms with van der Waals surface area (Å²) in [5, 5.41) is 0.147. The van der Waals surface area contributed by atoms with Gasteiger partial charge in [0.2, 0.25) is 10.0 Å². The molecule has 0 aliphatic carbocycles. The number of hydrogen-bond donors (Lipinski definition) is 0. The third kappa shape index (κ3) is 3.16. The molecule has 5 nitrogen and oxygen atoms in total. The Morgan fingerprint density at radius 2 is 1.81 bits per heavy atom. The number of fused-ring (bicyclic) bond motifs is 1. The lowest BCUT2D eigenvalue weighted by molar-refractivity contribution is 0.0981. The van der Waals surface area contributed by atoms with Crippen LogP contribution in [0.3, 0.4) is 0 Å². The number of sulfonamides is 1. The highest BCUT2D eigenvalue weighted by Gasteiger charge is 2.33. The van der Waals surface area contributed by atoms with Crippen molar-refractivity contribution in [2.45, 2.75) is 37.1 Å². The zero-order chi connectivity index (χ0) is 19.2. The fourth-order valence-electron chi connectivity index (χ4n) is 3.92. The first-order valence-electron chi connectivity index (χ1n) is 9.11. The number of para-hydroxylation sites is 1. The summed E-state index contributed by atoms with van der Waals surface area (Å²) in [5.74, 6) is -0.206. The molecule has 0 bridgehead atoms. The molecule has 142 valence electrons. The predicted molar refractivity (Wildman–Crippen MR) is 106 cm³/mol. The van der Waals surface area contributed by atoms with Crippen LogP contribution in [0.15, 0.2) is 47.4 Å². The molecule has 0 saturated carbocycles. The van der Waals surface area contributed by atoms with Crippen molar-refractivity contribution in [2.75, 3.05) is 18.0 Å². The molecule has 1 amide bonds. The van der Waals surface area contributed by atoms with Crippen molar-refractivity contribution in [3.8, 4) is 0 Å². The van der Waals surface area contributed by atoms with Crippen LogP contribution in [0.25, 0.3) is 0 Å². The third-order valence-corrected chi connectivity index (χ3v) is 7.67. The average Bonchev–Trinajstić information content (AvgIpc) is 3.29. The van der Waals surface area contributed by atoms with Crippen molar-refractivity contribution < 1.29 is 13.2 Å². The number of rotatable bonds is 3. The number of benzene rings is 2. The predicted octanol–water partition coefficient (Wildman–Crippen LogP) is 3.72. The van der Waals surface area contributed by atoms with Crippen LogP contribution in [0.5, 0.6) is 0 Å². The monoisotopic (exact) mass is 404 g/mol. The smallest absolute Gasteiger partial charge is 0.258 e. The van der Waals surface area contributed by atoms with Crippen LogP contribution >= 0.6 is 11.6 Å². The quantitative estimate of drug-likeness (QED) is 0.783. The van der Waals surface area contributed by atoms with Crippen LogP contribution in [0.1, 0.15) is 35.7 Å². The SMILES string of the molecule is CC1Cc2ccccc2N1C(=O)c1ccc(Cl)c(S(=O)(=O)N2CCCC2)c1. The molecule has 0 aromatic heterocycles. The lowest BCUT2D eigenvalue weighted by Crippen LogP contribution is -2.36. The first kappa shape index (κ1) is 18.5. The maximum absolute atomic E-state index is 13.2. The molecule has 4 rings (SSSR count). The van der Waals surface area contributed by atoms with E-state index < -0.39 is 10.0 Å². The van der Waals surface area contributed by atoms with Gasteiger partial charge in [0.25, 0.3) is 5.91 Å². The summed E-state index contributed by atoms with van der Waals surface area (Å²) in [7, 11) is -3.69. The maximum Gasteiger partial charge on any atom is 0.258 e. The van der Waals surface area contributed by atoms with Crippen LogP contribution in [0, 0.1) is 0 Å². The number of carbonyl (C=O) groups excluding carboxylic acids is 1. The van der Waals surface area contributed by atoms with E-state index >= 15 is 0 Å². The first-order chi connectivity index (χ1) is 12.9. The molecule has 27 heavy (non-hydrogen) atoms. The minimum absolute atomic E-state index is 0.0112. The van der Waals surface area contributed by atoms with Gasteiger partial charge in [0.15, 0.2) is 0 Å². The summed E-state index contributed by atoms with van der Waals surface area (Å²) in [6, 6.07) is 12.4. The molecule has 0 spiro atoms. The highest BCUT2D eigenvalue weighted by atomic mass is 35.5. The van der Waals surface area contributed by atoms with Crippen LogP contribution in [0.2, 0.25) is 5.02 Å². The number of halogens is 1. The Morgan fingerprint density at radius 3 is 2.56 bits per heavy atom. The molecule has 1 saturated heterocycles. The number of anilines is 1. The van der Waals surface area contributed by atoms with Gasteiger partial charge in [0, 0.05) is 30.4 Å². The molecule has 2 aromatic carbocycles. The van der Waals surface area contributed by atoms with Crippen molar-refractivity contribution in [3.63, 3.8) is 0 Å². The standard InChI is InChI=1S/C20H21ClN2O3S/c1-14-12-15-6-2-3-7-18(15)23(14)20(24)16-8-9-17(21)19(13-16)27(25,26)22-10-4-5-11-22/h2-3,6-9,13-14H,4-5,10-12H2,1H3. The largest absolute Gasteiger partial charge is 0.305 e. The second-order valence-electron chi connectivity index (χ2n) is 7.11. The lowest BCUT2D eigenvalue weighted by Gasteiger charge is -2.23. The fraction of sp³-hybridized carbons (Fsp3) is 0.350. The Bertz CT molecular complexity index is 1000. The molecule has 1 atom stereocenters. The molecule has 0 N–H and O–H groups in total. The normalized spacial score (nSPS) is 20.1. The summed E-state index contributed by atoms with van der Waals surface area (Å²) < 4.78 is 27.3. The summed E-state index contributed by atoms with van der Waals surface area (Å²) in [4.78, 5) is 15.0. The van der Waals surface area contributed by atoms with Crippen molar-refractivity contribution >= 4 is 33.2 Å². The van der Waals surface area contributed by atoms with E-state index in [-0.39, 0.29) is 21.9 Å². The van der Waals surface area contributed by atoms with Gasteiger partial charge < -0.3 is 4.90 Å². The van der Waals surface area contributed by atoms with Crippen molar-refractivity contribution in [1.29, 1.82) is 0 Å². The van der Waals surface area contributed by atoms with E-state index in [9.17, 15) is 13.2 Å². The van der Waals surface area contributed by atoms with Gasteiger partial charge in [-0.15, -0.1) is 0 Å². The van der Waals surface area contributed by atoms with Gasteiger partial charge in [-0.1, -0.05) is 29.8 Å². The molecule has 2 heterocycles. The minimum Gasteiger partial charge on any atom is -0.305 e. The van der Waals surface area contributed by atoms with Gasteiger partial charge in [0.1, 0.15) is 4.90 Å². The summed E-state index contributed by atoms with van der Waals surface area (Å²) in [6.07, 6.45) is 2.48. The van der Waals surface area contributed by atoms with Gasteiger partial charge in [-0.25, -0.2) is 8.42 Å². The van der Waals surface area contributed by atoms with E-state index in [0.29, 0.717) is 18.7 Å². The van der Waals surface area contributed by atoms with Gasteiger partial charge in [-0.05, 0) is 56.0 Å². The molecule has 0 radical (unpaired) electrons. The number of nitrogens with zero attached hydrogens (tertiary/aromatic N) is 2. The Morgan fingerprint density at radius 1 is 1.11 bits per heavy atom. The molecule has 2 aliphatic heterocycles. The van der Waals surface area contributed by atoms with Crippen molar-refractivity contribution in [1.82, 2.24) is 4.31 Å². The third-order valence-electron chi connectivity index (χ3n) is 5.29. The van der Waals surface area contributed by atoms with Crippen molar-refractivity contribution in [3.05, 3.63) is 58.6 Å². The Kier molecular flexibility index (Phi) is 4.74. The van der Waals surface area contributed by atoms with Gasteiger partial charge in [-0.2, -0.15) is 4.31 Å². The van der Waals surface area contributed by atoms with Crippen molar-refractivity contribution in [2.24, 2.45) is 0 Å².